The fourth-order valence-corrected chi connectivity index (χ4v) is 2.79. The van der Waals surface area contributed by atoms with Crippen molar-refractivity contribution in [3.63, 3.8) is 0 Å². The van der Waals surface area contributed by atoms with Crippen LogP contribution < -0.4 is 0 Å². The molecule has 0 heterocycles. The first-order valence-electron chi connectivity index (χ1n) is 9.65. The third kappa shape index (κ3) is 10.5. The molecule has 6 nitrogen and oxygen atoms in total. The lowest BCUT2D eigenvalue weighted by atomic mass is 9.76. The molecule has 0 radical (unpaired) electrons. The Labute approximate surface area is 188 Å². The Bertz CT molecular complexity index is 942. The normalized spacial score (nSPS) is 8.84. The number of carbonyl (C=O) groups excluding carboxylic acids is 3. The second kappa shape index (κ2) is 16.6. The minimum atomic E-state index is -0.292. The molecule has 0 amide bonds. The van der Waals surface area contributed by atoms with Crippen LogP contribution in [0, 0.1) is 24.7 Å². The lowest BCUT2D eigenvalue weighted by molar-refractivity contribution is 0.548. The molecule has 0 aliphatic carbocycles. The SMILES string of the molecule is CC(CN=C=O)(c1ccccc1)c1ccccc1.Cc1ccc(C)cc1.N=C=O.N=C=O. The van der Waals surface area contributed by atoms with Gasteiger partial charge >= 0.3 is 0 Å². The van der Waals surface area contributed by atoms with Crippen LogP contribution in [0.15, 0.2) is 89.9 Å². The molecule has 0 aliphatic rings. The molecule has 3 aromatic carbocycles. The number of isocyanates is 3. The van der Waals surface area contributed by atoms with Crippen LogP contribution in [-0.4, -0.2) is 24.8 Å². The summed E-state index contributed by atoms with van der Waals surface area (Å²) in [5.74, 6) is 0. The van der Waals surface area contributed by atoms with Gasteiger partial charge in [0.25, 0.3) is 0 Å². The Morgan fingerprint density at radius 2 is 1.00 bits per heavy atom. The smallest absolute Gasteiger partial charge is 0.222 e. The first kappa shape index (κ1) is 27.8. The number of hydrogen-bond acceptors (Lipinski definition) is 6. The highest BCUT2D eigenvalue weighted by Crippen LogP contribution is 2.32. The minimum Gasteiger partial charge on any atom is -0.222 e. The molecular weight excluding hydrogens is 402 g/mol. The van der Waals surface area contributed by atoms with E-state index in [1.807, 2.05) is 36.4 Å². The number of rotatable bonds is 4. The van der Waals surface area contributed by atoms with Gasteiger partial charge in [-0.05, 0) is 31.9 Å². The Morgan fingerprint density at radius 3 is 1.28 bits per heavy atom. The molecule has 6 heteroatoms. The lowest BCUT2D eigenvalue weighted by Gasteiger charge is -2.28. The van der Waals surface area contributed by atoms with Gasteiger partial charge in [0, 0.05) is 5.41 Å². The zero-order valence-corrected chi connectivity index (χ0v) is 18.5. The van der Waals surface area contributed by atoms with E-state index >= 15 is 0 Å². The number of nitrogens with one attached hydrogen (secondary N) is 2. The van der Waals surface area contributed by atoms with Gasteiger partial charge in [0.2, 0.25) is 18.2 Å². The summed E-state index contributed by atoms with van der Waals surface area (Å²) in [6.07, 6.45) is 3.14. The maximum Gasteiger partial charge on any atom is 0.234 e. The van der Waals surface area contributed by atoms with E-state index in [2.05, 4.69) is 74.3 Å². The molecule has 0 saturated carbocycles. The van der Waals surface area contributed by atoms with Gasteiger partial charge in [0.05, 0.1) is 6.54 Å². The summed E-state index contributed by atoms with van der Waals surface area (Å²) in [6, 6.07) is 28.7. The van der Waals surface area contributed by atoms with Gasteiger partial charge in [-0.2, -0.15) is 0 Å². The van der Waals surface area contributed by atoms with Gasteiger partial charge in [0.15, 0.2) is 0 Å². The third-order valence-corrected chi connectivity index (χ3v) is 4.50. The Kier molecular flexibility index (Phi) is 14.4. The van der Waals surface area contributed by atoms with Crippen molar-refractivity contribution in [2.24, 2.45) is 4.99 Å². The minimum absolute atomic E-state index is 0.292. The van der Waals surface area contributed by atoms with E-state index in [1.54, 1.807) is 6.08 Å². The summed E-state index contributed by atoms with van der Waals surface area (Å²) in [6.45, 7) is 6.70. The maximum absolute atomic E-state index is 10.4. The van der Waals surface area contributed by atoms with Crippen LogP contribution in [0.4, 0.5) is 0 Å². The maximum atomic E-state index is 10.4. The highest BCUT2D eigenvalue weighted by atomic mass is 16.1. The number of hydrogen-bond donors (Lipinski definition) is 2. The molecule has 2 N–H and O–H groups in total. The summed E-state index contributed by atoms with van der Waals surface area (Å²) in [5.41, 5.74) is 4.66. The Hall–Kier alpha value is -4.20. The van der Waals surface area contributed by atoms with Crippen LogP contribution in [0.3, 0.4) is 0 Å². The van der Waals surface area contributed by atoms with Gasteiger partial charge in [-0.15, -0.1) is 0 Å². The molecule has 0 aliphatic heterocycles. The molecule has 0 fully saturated rings. The van der Waals surface area contributed by atoms with E-state index in [9.17, 15) is 4.79 Å². The zero-order valence-electron chi connectivity index (χ0n) is 18.5. The van der Waals surface area contributed by atoms with Crippen molar-refractivity contribution in [3.8, 4) is 0 Å². The van der Waals surface area contributed by atoms with Crippen molar-refractivity contribution in [3.05, 3.63) is 107 Å². The molecule has 0 aromatic heterocycles. The molecular formula is C26H27N3O3. The van der Waals surface area contributed by atoms with Gasteiger partial charge < -0.3 is 0 Å². The van der Waals surface area contributed by atoms with E-state index in [-0.39, 0.29) is 5.41 Å². The van der Waals surface area contributed by atoms with Crippen molar-refractivity contribution in [2.75, 3.05) is 6.54 Å². The Balaban J connectivity index is 0.000000567. The van der Waals surface area contributed by atoms with Gasteiger partial charge in [-0.1, -0.05) is 96.1 Å². The first-order chi connectivity index (χ1) is 15.4. The molecule has 3 rings (SSSR count). The van der Waals surface area contributed by atoms with Crippen LogP contribution in [0.25, 0.3) is 0 Å². The highest BCUT2D eigenvalue weighted by Gasteiger charge is 2.28. The zero-order chi connectivity index (χ0) is 24.2. The fourth-order valence-electron chi connectivity index (χ4n) is 2.79. The molecule has 3 aromatic rings. The van der Waals surface area contributed by atoms with E-state index in [0.29, 0.717) is 6.54 Å². The monoisotopic (exact) mass is 429 g/mol. The number of nitrogens with zero attached hydrogens (tertiary/aromatic N) is 1. The predicted molar refractivity (Wildman–Crippen MR) is 125 cm³/mol. The van der Waals surface area contributed by atoms with Crippen LogP contribution in [0.5, 0.6) is 0 Å². The summed E-state index contributed by atoms with van der Waals surface area (Å²) < 4.78 is 0. The van der Waals surface area contributed by atoms with E-state index in [1.165, 1.54) is 11.1 Å². The van der Waals surface area contributed by atoms with Gasteiger partial charge in [-0.3, -0.25) is 0 Å². The molecule has 0 saturated heterocycles. The molecule has 0 spiro atoms. The van der Waals surface area contributed by atoms with Gasteiger partial charge in [0.1, 0.15) is 0 Å². The van der Waals surface area contributed by atoms with E-state index < -0.39 is 0 Å². The molecule has 0 bridgehead atoms. The van der Waals surface area contributed by atoms with Crippen molar-refractivity contribution >= 4 is 18.2 Å². The van der Waals surface area contributed by atoms with Crippen molar-refractivity contribution < 1.29 is 14.4 Å². The Morgan fingerprint density at radius 1 is 0.688 bits per heavy atom. The largest absolute Gasteiger partial charge is 0.234 e. The number of benzene rings is 3. The van der Waals surface area contributed by atoms with E-state index in [4.69, 9.17) is 20.4 Å². The topological polar surface area (TPSA) is 111 Å². The molecule has 0 atom stereocenters. The van der Waals surface area contributed by atoms with Crippen LogP contribution in [-0.2, 0) is 19.8 Å². The van der Waals surface area contributed by atoms with E-state index in [0.717, 1.165) is 23.3 Å². The lowest BCUT2D eigenvalue weighted by Crippen LogP contribution is -2.27. The van der Waals surface area contributed by atoms with Crippen molar-refractivity contribution in [1.82, 2.24) is 0 Å². The summed E-state index contributed by atoms with van der Waals surface area (Å²) in [7, 11) is 0. The second-order valence-corrected chi connectivity index (χ2v) is 6.83. The number of aryl methyl sites for hydroxylation is 2. The molecule has 0 unspecified atom stereocenters. The summed E-state index contributed by atoms with van der Waals surface area (Å²) in [4.78, 5) is 30.9. The average molecular weight is 430 g/mol. The molecule has 164 valence electrons. The predicted octanol–water partition coefficient (Wildman–Crippen LogP) is 5.43. The van der Waals surface area contributed by atoms with Crippen LogP contribution in [0.1, 0.15) is 29.2 Å². The van der Waals surface area contributed by atoms with Crippen molar-refractivity contribution in [2.45, 2.75) is 26.2 Å². The molecule has 32 heavy (non-hydrogen) atoms. The summed E-state index contributed by atoms with van der Waals surface area (Å²) in [5, 5.41) is 10.8. The quantitative estimate of drug-likeness (QED) is 0.426. The van der Waals surface area contributed by atoms with Crippen molar-refractivity contribution in [1.29, 1.82) is 10.8 Å². The summed E-state index contributed by atoms with van der Waals surface area (Å²) >= 11 is 0. The second-order valence-electron chi connectivity index (χ2n) is 6.83. The number of aliphatic imine (C=N–C) groups is 1. The van der Waals surface area contributed by atoms with Crippen LogP contribution in [0.2, 0.25) is 0 Å². The first-order valence-corrected chi connectivity index (χ1v) is 9.65. The van der Waals surface area contributed by atoms with Crippen LogP contribution >= 0.6 is 0 Å². The highest BCUT2D eigenvalue weighted by molar-refractivity contribution is 5.41. The standard InChI is InChI=1S/C16H15NO.C8H10.2CHNO/c1-16(12-17-13-18,14-8-4-2-5-9-14)15-10-6-3-7-11-15;1-7-3-5-8(2)6-4-7;2*2-1-3/h2-11H,12H2,1H3;3-6H,1-2H3;2*2H. The third-order valence-electron chi connectivity index (χ3n) is 4.50. The average Bonchev–Trinajstić information content (AvgIpc) is 2.82. The van der Waals surface area contributed by atoms with Gasteiger partial charge in [-0.25, -0.2) is 30.2 Å². The fraction of sp³-hybridized carbons (Fsp3) is 0.192.